The first-order valence-corrected chi connectivity index (χ1v) is 8.31. The van der Waals surface area contributed by atoms with E-state index in [1.54, 1.807) is 20.8 Å². The maximum Gasteiger partial charge on any atom is 0.471 e. The molecule has 0 aromatic heterocycles. The third-order valence-electron chi connectivity index (χ3n) is 4.54. The van der Waals surface area contributed by atoms with Gasteiger partial charge in [0.1, 0.15) is 5.60 Å². The number of piperidine rings is 2. The summed E-state index contributed by atoms with van der Waals surface area (Å²) in [6.07, 6.45) is -2.60. The highest BCUT2D eigenvalue weighted by Crippen LogP contribution is 2.38. The van der Waals surface area contributed by atoms with Crippen molar-refractivity contribution in [2.24, 2.45) is 0 Å². The number of carbonyl (C=O) groups is 2. The first-order chi connectivity index (χ1) is 10.9. The van der Waals surface area contributed by atoms with Crippen LogP contribution in [0.5, 0.6) is 0 Å². The molecule has 2 heterocycles. The van der Waals surface area contributed by atoms with Gasteiger partial charge in [-0.1, -0.05) is 0 Å². The van der Waals surface area contributed by atoms with Gasteiger partial charge in [-0.3, -0.25) is 4.79 Å². The quantitative estimate of drug-likeness (QED) is 0.673. The Balaban J connectivity index is 2.19. The van der Waals surface area contributed by atoms with Crippen molar-refractivity contribution in [2.75, 3.05) is 19.6 Å². The molecule has 2 aliphatic rings. The number of hydrogen-bond donors (Lipinski definition) is 0. The van der Waals surface area contributed by atoms with Crippen LogP contribution in [-0.4, -0.2) is 58.8 Å². The second kappa shape index (κ2) is 6.44. The first-order valence-electron chi connectivity index (χ1n) is 8.31. The van der Waals surface area contributed by atoms with Crippen molar-refractivity contribution in [3.8, 4) is 0 Å². The van der Waals surface area contributed by atoms with E-state index in [0.717, 1.165) is 11.3 Å². The summed E-state index contributed by atoms with van der Waals surface area (Å²) < 4.78 is 44.2. The van der Waals surface area contributed by atoms with Gasteiger partial charge in [0.2, 0.25) is 0 Å². The molecular weight excluding hydrogens is 325 g/mol. The van der Waals surface area contributed by atoms with Crippen LogP contribution in [0.1, 0.15) is 52.9 Å². The van der Waals surface area contributed by atoms with Crippen LogP contribution in [0, 0.1) is 0 Å². The van der Waals surface area contributed by atoms with Crippen LogP contribution in [0.2, 0.25) is 0 Å². The van der Waals surface area contributed by atoms with E-state index in [1.807, 2.05) is 0 Å². The lowest BCUT2D eigenvalue weighted by Crippen LogP contribution is -2.65. The molecule has 8 heteroatoms. The highest BCUT2D eigenvalue weighted by atomic mass is 19.4. The van der Waals surface area contributed by atoms with E-state index in [-0.39, 0.29) is 13.1 Å². The van der Waals surface area contributed by atoms with Crippen LogP contribution < -0.4 is 0 Å². The van der Waals surface area contributed by atoms with Gasteiger partial charge >= 0.3 is 18.2 Å². The summed E-state index contributed by atoms with van der Waals surface area (Å²) in [5, 5.41) is 0. The summed E-state index contributed by atoms with van der Waals surface area (Å²) in [6.45, 7) is 5.84. The number of rotatable bonds is 0. The molecule has 0 aromatic rings. The second-order valence-corrected chi connectivity index (χ2v) is 7.64. The number of ether oxygens (including phenoxy) is 1. The molecule has 0 radical (unpaired) electrons. The van der Waals surface area contributed by atoms with E-state index in [1.165, 1.54) is 4.90 Å². The smallest absolute Gasteiger partial charge is 0.444 e. The fourth-order valence-corrected chi connectivity index (χ4v) is 3.59. The molecular formula is C16H25F3N2O3. The number of alkyl halides is 3. The molecule has 1 atom stereocenters. The van der Waals surface area contributed by atoms with Crippen LogP contribution in [0.3, 0.4) is 0 Å². The summed E-state index contributed by atoms with van der Waals surface area (Å²) in [6, 6.07) is 0. The molecule has 2 aliphatic heterocycles. The van der Waals surface area contributed by atoms with Crippen molar-refractivity contribution in [1.29, 1.82) is 0 Å². The number of nitrogens with zero attached hydrogens (tertiary/aromatic N) is 2. The van der Waals surface area contributed by atoms with E-state index in [4.69, 9.17) is 4.74 Å². The number of likely N-dealkylation sites (tertiary alicyclic amines) is 2. The Kier molecular flexibility index (Phi) is 5.06. The Morgan fingerprint density at radius 2 is 1.62 bits per heavy atom. The molecule has 1 unspecified atom stereocenters. The molecule has 0 bridgehead atoms. The molecule has 0 saturated carbocycles. The van der Waals surface area contributed by atoms with Gasteiger partial charge in [0.05, 0.1) is 5.54 Å². The van der Waals surface area contributed by atoms with Crippen molar-refractivity contribution in [2.45, 2.75) is 70.2 Å². The zero-order chi connectivity index (χ0) is 18.2. The average molecular weight is 350 g/mol. The van der Waals surface area contributed by atoms with E-state index in [0.29, 0.717) is 32.2 Å². The number of amides is 2. The summed E-state index contributed by atoms with van der Waals surface area (Å²) in [7, 11) is 0. The highest BCUT2D eigenvalue weighted by molar-refractivity contribution is 5.83. The van der Waals surface area contributed by atoms with Gasteiger partial charge in [0, 0.05) is 19.6 Å². The molecule has 5 nitrogen and oxygen atoms in total. The average Bonchev–Trinajstić information content (AvgIpc) is 2.44. The lowest BCUT2D eigenvalue weighted by atomic mass is 9.79. The van der Waals surface area contributed by atoms with Gasteiger partial charge in [-0.05, 0) is 52.9 Å². The minimum absolute atomic E-state index is 0.0838. The van der Waals surface area contributed by atoms with Crippen molar-refractivity contribution < 1.29 is 27.5 Å². The van der Waals surface area contributed by atoms with Crippen molar-refractivity contribution in [3.05, 3.63) is 0 Å². The van der Waals surface area contributed by atoms with Gasteiger partial charge in [0.25, 0.3) is 0 Å². The molecule has 2 saturated heterocycles. The third-order valence-corrected chi connectivity index (χ3v) is 4.54. The molecule has 138 valence electrons. The Bertz CT molecular complexity index is 498. The fraction of sp³-hybridized carbons (Fsp3) is 0.875. The van der Waals surface area contributed by atoms with Gasteiger partial charge < -0.3 is 14.5 Å². The molecule has 1 spiro atoms. The molecule has 0 aromatic carbocycles. The standard InChI is InChI=1S/C16H25F3N2O3/c1-14(2,3)24-13(23)20-9-6-8-15(11-20)7-4-5-10-21(15)12(22)16(17,18)19/h4-11H2,1-3H3. The predicted octanol–water partition coefficient (Wildman–Crippen LogP) is 3.33. The summed E-state index contributed by atoms with van der Waals surface area (Å²) in [4.78, 5) is 26.5. The Morgan fingerprint density at radius 1 is 1.00 bits per heavy atom. The Labute approximate surface area is 140 Å². The van der Waals surface area contributed by atoms with Crippen LogP contribution in [0.15, 0.2) is 0 Å². The summed E-state index contributed by atoms with van der Waals surface area (Å²) in [5.41, 5.74) is -1.60. The largest absolute Gasteiger partial charge is 0.471 e. The molecule has 2 rings (SSSR count). The first kappa shape index (κ1) is 18.9. The molecule has 24 heavy (non-hydrogen) atoms. The number of hydrogen-bond acceptors (Lipinski definition) is 3. The molecule has 2 fully saturated rings. The highest BCUT2D eigenvalue weighted by Gasteiger charge is 2.52. The zero-order valence-electron chi connectivity index (χ0n) is 14.4. The monoisotopic (exact) mass is 350 g/mol. The van der Waals surface area contributed by atoms with E-state index >= 15 is 0 Å². The lowest BCUT2D eigenvalue weighted by molar-refractivity contribution is -0.196. The van der Waals surface area contributed by atoms with E-state index in [2.05, 4.69) is 0 Å². The summed E-state index contributed by atoms with van der Waals surface area (Å²) in [5.74, 6) is -1.80. The zero-order valence-corrected chi connectivity index (χ0v) is 14.4. The number of carbonyl (C=O) groups excluding carboxylic acids is 2. The van der Waals surface area contributed by atoms with Crippen molar-refractivity contribution in [3.63, 3.8) is 0 Å². The van der Waals surface area contributed by atoms with Crippen molar-refractivity contribution >= 4 is 12.0 Å². The summed E-state index contributed by atoms with van der Waals surface area (Å²) >= 11 is 0. The fourth-order valence-electron chi connectivity index (χ4n) is 3.59. The van der Waals surface area contributed by atoms with Crippen molar-refractivity contribution in [1.82, 2.24) is 9.80 Å². The van der Waals surface area contributed by atoms with Crippen LogP contribution >= 0.6 is 0 Å². The van der Waals surface area contributed by atoms with Gasteiger partial charge in [0.15, 0.2) is 0 Å². The van der Waals surface area contributed by atoms with E-state index in [9.17, 15) is 22.8 Å². The van der Waals surface area contributed by atoms with Crippen LogP contribution in [0.4, 0.5) is 18.0 Å². The topological polar surface area (TPSA) is 49.9 Å². The predicted molar refractivity (Wildman–Crippen MR) is 81.4 cm³/mol. The Hall–Kier alpha value is -1.47. The lowest BCUT2D eigenvalue weighted by Gasteiger charge is -2.52. The van der Waals surface area contributed by atoms with E-state index < -0.39 is 29.3 Å². The maximum absolute atomic E-state index is 13.0. The van der Waals surface area contributed by atoms with Gasteiger partial charge in [-0.15, -0.1) is 0 Å². The molecule has 2 amide bonds. The van der Waals surface area contributed by atoms with Gasteiger partial charge in [-0.2, -0.15) is 13.2 Å². The third kappa shape index (κ3) is 4.13. The maximum atomic E-state index is 13.0. The molecule has 0 aliphatic carbocycles. The second-order valence-electron chi connectivity index (χ2n) is 7.64. The Morgan fingerprint density at radius 3 is 2.21 bits per heavy atom. The minimum atomic E-state index is -4.89. The normalized spacial score (nSPS) is 25.8. The SMILES string of the molecule is CC(C)(C)OC(=O)N1CCCC2(CCCCN2C(=O)C(F)(F)F)C1. The minimum Gasteiger partial charge on any atom is -0.444 e. The number of halogens is 3. The molecule has 0 N–H and O–H groups in total. The van der Waals surface area contributed by atoms with Crippen LogP contribution in [-0.2, 0) is 9.53 Å². The van der Waals surface area contributed by atoms with Gasteiger partial charge in [-0.25, -0.2) is 4.79 Å². The van der Waals surface area contributed by atoms with Crippen LogP contribution in [0.25, 0.3) is 0 Å².